The zero-order chi connectivity index (χ0) is 21.1. The molecule has 1 heteroatoms. The van der Waals surface area contributed by atoms with Crippen LogP contribution in [0.3, 0.4) is 0 Å². The van der Waals surface area contributed by atoms with Crippen molar-refractivity contribution >= 4 is 16.9 Å². The molecule has 1 N–H and O–H groups in total. The lowest BCUT2D eigenvalue weighted by Crippen LogP contribution is -2.24. The fraction of sp³-hybridized carbons (Fsp3) is 0.286. The van der Waals surface area contributed by atoms with E-state index < -0.39 is 0 Å². The van der Waals surface area contributed by atoms with Crippen LogP contribution in [-0.2, 0) is 5.41 Å². The highest BCUT2D eigenvalue weighted by atomic mass is 14.9. The summed E-state index contributed by atoms with van der Waals surface area (Å²) in [7, 11) is 0. The topological polar surface area (TPSA) is 12.0 Å². The van der Waals surface area contributed by atoms with Crippen LogP contribution in [0.2, 0.25) is 0 Å². The summed E-state index contributed by atoms with van der Waals surface area (Å²) < 4.78 is 0. The molecular weight excluding hydrogens is 350 g/mol. The smallest absolute Gasteiger partial charge is 0.0384 e. The molecule has 0 saturated heterocycles. The van der Waals surface area contributed by atoms with Gasteiger partial charge in [0, 0.05) is 11.4 Å². The minimum absolute atomic E-state index is 0.163. The summed E-state index contributed by atoms with van der Waals surface area (Å²) in [6, 6.07) is 27.6. The molecule has 0 unspecified atom stereocenters. The summed E-state index contributed by atoms with van der Waals surface area (Å²) in [6.45, 7) is 15.8. The van der Waals surface area contributed by atoms with Crippen LogP contribution in [0.5, 0.6) is 0 Å². The molecule has 29 heavy (non-hydrogen) atoms. The van der Waals surface area contributed by atoms with Gasteiger partial charge in [0.15, 0.2) is 0 Å². The molecule has 150 valence electrons. The molecule has 0 saturated carbocycles. The van der Waals surface area contributed by atoms with Crippen LogP contribution in [0.4, 0.5) is 11.4 Å². The van der Waals surface area contributed by atoms with Crippen molar-refractivity contribution in [1.82, 2.24) is 0 Å². The standard InChI is InChI=1S/C28H33N/c1-21(22-10-8-7-9-11-22)23-12-16-25(17-13-23)29-26-18-14-24(15-19-26)28(5,6)20-27(2,3)4/h7-19,29H,1,20H2,2-6H3. The number of hydrogen-bond acceptors (Lipinski definition) is 1. The van der Waals surface area contributed by atoms with Crippen molar-refractivity contribution in [1.29, 1.82) is 0 Å². The third kappa shape index (κ3) is 5.60. The lowest BCUT2D eigenvalue weighted by Gasteiger charge is -2.33. The highest BCUT2D eigenvalue weighted by Gasteiger charge is 2.27. The predicted octanol–water partition coefficient (Wildman–Crippen LogP) is 8.21. The van der Waals surface area contributed by atoms with E-state index in [-0.39, 0.29) is 5.41 Å². The summed E-state index contributed by atoms with van der Waals surface area (Å²) in [5.41, 5.74) is 7.38. The predicted molar refractivity (Wildman–Crippen MR) is 128 cm³/mol. The van der Waals surface area contributed by atoms with Crippen LogP contribution in [0.15, 0.2) is 85.4 Å². The van der Waals surface area contributed by atoms with E-state index in [2.05, 4.69) is 107 Å². The molecule has 0 aliphatic carbocycles. The lowest BCUT2D eigenvalue weighted by molar-refractivity contribution is 0.284. The molecule has 0 bridgehead atoms. The Morgan fingerprint density at radius 2 is 1.17 bits per heavy atom. The first-order valence-corrected chi connectivity index (χ1v) is 10.4. The van der Waals surface area contributed by atoms with Crippen LogP contribution in [-0.4, -0.2) is 0 Å². The minimum Gasteiger partial charge on any atom is -0.356 e. The molecule has 3 aromatic rings. The molecule has 3 rings (SSSR count). The molecule has 0 atom stereocenters. The summed E-state index contributed by atoms with van der Waals surface area (Å²) >= 11 is 0. The maximum Gasteiger partial charge on any atom is 0.0384 e. The van der Waals surface area contributed by atoms with Gasteiger partial charge in [-0.05, 0) is 63.8 Å². The molecule has 0 amide bonds. The maximum atomic E-state index is 4.25. The Balaban J connectivity index is 1.68. The van der Waals surface area contributed by atoms with Gasteiger partial charge in [0.05, 0.1) is 0 Å². The molecule has 0 aliphatic heterocycles. The normalized spacial score (nSPS) is 11.9. The Kier molecular flexibility index (Phi) is 5.98. The van der Waals surface area contributed by atoms with Gasteiger partial charge < -0.3 is 5.32 Å². The molecule has 0 spiro atoms. The van der Waals surface area contributed by atoms with Gasteiger partial charge in [0.2, 0.25) is 0 Å². The molecule has 0 aliphatic rings. The van der Waals surface area contributed by atoms with Crippen molar-refractivity contribution in [2.75, 3.05) is 5.32 Å². The van der Waals surface area contributed by atoms with E-state index in [1.165, 1.54) is 5.56 Å². The Hall–Kier alpha value is -2.80. The molecule has 3 aromatic carbocycles. The largest absolute Gasteiger partial charge is 0.356 e. The van der Waals surface area contributed by atoms with Crippen molar-refractivity contribution in [3.63, 3.8) is 0 Å². The van der Waals surface area contributed by atoms with Crippen molar-refractivity contribution < 1.29 is 0 Å². The van der Waals surface area contributed by atoms with E-state index in [0.29, 0.717) is 5.41 Å². The first kappa shape index (κ1) is 20.9. The van der Waals surface area contributed by atoms with Crippen molar-refractivity contribution in [3.8, 4) is 0 Å². The van der Waals surface area contributed by atoms with Gasteiger partial charge in [-0.1, -0.05) is 95.8 Å². The van der Waals surface area contributed by atoms with E-state index in [9.17, 15) is 0 Å². The van der Waals surface area contributed by atoms with Crippen LogP contribution >= 0.6 is 0 Å². The zero-order valence-corrected chi connectivity index (χ0v) is 18.4. The minimum atomic E-state index is 0.163. The van der Waals surface area contributed by atoms with Gasteiger partial charge in [-0.25, -0.2) is 0 Å². The molecule has 0 heterocycles. The van der Waals surface area contributed by atoms with Gasteiger partial charge in [0.25, 0.3) is 0 Å². The highest BCUT2D eigenvalue weighted by Crippen LogP contribution is 2.36. The van der Waals surface area contributed by atoms with Gasteiger partial charge in [0.1, 0.15) is 0 Å². The summed E-state index contributed by atoms with van der Waals surface area (Å²) in [5.74, 6) is 0. The van der Waals surface area contributed by atoms with E-state index in [0.717, 1.165) is 34.5 Å². The molecular formula is C28H33N. The van der Waals surface area contributed by atoms with Crippen molar-refractivity contribution in [3.05, 3.63) is 102 Å². The lowest BCUT2D eigenvalue weighted by atomic mass is 9.72. The number of hydrogen-bond donors (Lipinski definition) is 1. The third-order valence-electron chi connectivity index (χ3n) is 5.28. The van der Waals surface area contributed by atoms with Crippen LogP contribution in [0.1, 0.15) is 57.7 Å². The molecule has 0 radical (unpaired) electrons. The Morgan fingerprint density at radius 1 is 0.690 bits per heavy atom. The summed E-state index contributed by atoms with van der Waals surface area (Å²) in [6.07, 6.45) is 1.15. The summed E-state index contributed by atoms with van der Waals surface area (Å²) in [5, 5.41) is 3.51. The number of rotatable bonds is 6. The average Bonchev–Trinajstić information content (AvgIpc) is 2.67. The van der Waals surface area contributed by atoms with Crippen LogP contribution in [0.25, 0.3) is 5.57 Å². The zero-order valence-electron chi connectivity index (χ0n) is 18.4. The van der Waals surface area contributed by atoms with Crippen LogP contribution < -0.4 is 5.32 Å². The second-order valence-electron chi connectivity index (χ2n) is 9.75. The monoisotopic (exact) mass is 383 g/mol. The SMILES string of the molecule is C=C(c1ccccc1)c1ccc(Nc2ccc(C(C)(C)CC(C)(C)C)cc2)cc1. The van der Waals surface area contributed by atoms with E-state index in [4.69, 9.17) is 0 Å². The quantitative estimate of drug-likeness (QED) is 0.452. The third-order valence-corrected chi connectivity index (χ3v) is 5.28. The Labute approximate surface area is 176 Å². The first-order chi connectivity index (χ1) is 13.6. The van der Waals surface area contributed by atoms with Gasteiger partial charge in [-0.15, -0.1) is 0 Å². The molecule has 0 aromatic heterocycles. The first-order valence-electron chi connectivity index (χ1n) is 10.4. The van der Waals surface area contributed by atoms with Gasteiger partial charge in [-0.2, -0.15) is 0 Å². The maximum absolute atomic E-state index is 4.25. The molecule has 1 nitrogen and oxygen atoms in total. The number of nitrogens with one attached hydrogen (secondary N) is 1. The van der Waals surface area contributed by atoms with Crippen molar-refractivity contribution in [2.24, 2.45) is 5.41 Å². The van der Waals surface area contributed by atoms with Crippen LogP contribution in [0, 0.1) is 5.41 Å². The van der Waals surface area contributed by atoms with Gasteiger partial charge >= 0.3 is 0 Å². The fourth-order valence-electron chi connectivity index (χ4n) is 4.16. The fourth-order valence-corrected chi connectivity index (χ4v) is 4.16. The molecule has 0 fully saturated rings. The number of benzene rings is 3. The van der Waals surface area contributed by atoms with Gasteiger partial charge in [-0.3, -0.25) is 0 Å². The second-order valence-corrected chi connectivity index (χ2v) is 9.75. The van der Waals surface area contributed by atoms with E-state index >= 15 is 0 Å². The highest BCUT2D eigenvalue weighted by molar-refractivity contribution is 5.79. The second kappa shape index (κ2) is 8.29. The summed E-state index contributed by atoms with van der Waals surface area (Å²) in [4.78, 5) is 0. The Morgan fingerprint density at radius 3 is 1.69 bits per heavy atom. The Bertz CT molecular complexity index is 940. The van der Waals surface area contributed by atoms with Crippen molar-refractivity contribution in [2.45, 2.75) is 46.5 Å². The van der Waals surface area contributed by atoms with E-state index in [1.807, 2.05) is 18.2 Å². The van der Waals surface area contributed by atoms with E-state index in [1.54, 1.807) is 0 Å². The average molecular weight is 384 g/mol. The number of anilines is 2.